The van der Waals surface area contributed by atoms with Crippen molar-refractivity contribution in [1.82, 2.24) is 14.7 Å². The van der Waals surface area contributed by atoms with E-state index in [-0.39, 0.29) is 5.91 Å². The lowest BCUT2D eigenvalue weighted by atomic mass is 9.92. The second-order valence-corrected chi connectivity index (χ2v) is 5.66. The molecule has 23 heavy (non-hydrogen) atoms. The highest BCUT2D eigenvalue weighted by molar-refractivity contribution is 5.93. The van der Waals surface area contributed by atoms with Crippen molar-refractivity contribution in [2.45, 2.75) is 12.5 Å². The molecule has 3 rings (SSSR count). The molecule has 5 heteroatoms. The predicted octanol–water partition coefficient (Wildman–Crippen LogP) is 2.63. The van der Waals surface area contributed by atoms with Gasteiger partial charge in [-0.3, -0.25) is 9.20 Å². The Labute approximate surface area is 134 Å². The van der Waals surface area contributed by atoms with E-state index < -0.39 is 5.54 Å². The van der Waals surface area contributed by atoms with Crippen molar-refractivity contribution in [1.29, 1.82) is 0 Å². The molecule has 5 nitrogen and oxygen atoms in total. The topological polar surface area (TPSA) is 55.6 Å². The molecule has 118 valence electrons. The molecule has 2 aromatic heterocycles. The summed E-state index contributed by atoms with van der Waals surface area (Å²) in [6.07, 6.45) is 3.41. The van der Waals surface area contributed by atoms with Crippen LogP contribution in [0.1, 0.15) is 23.0 Å². The fourth-order valence-corrected chi connectivity index (χ4v) is 2.70. The summed E-state index contributed by atoms with van der Waals surface area (Å²) >= 11 is 0. The lowest BCUT2D eigenvalue weighted by Crippen LogP contribution is -2.47. The number of benzene rings is 1. The number of methoxy groups -OCH3 is 1. The van der Waals surface area contributed by atoms with Crippen molar-refractivity contribution in [2.24, 2.45) is 0 Å². The summed E-state index contributed by atoms with van der Waals surface area (Å²) in [5, 5.41) is 3.08. The maximum atomic E-state index is 12.8. The number of nitrogens with zero attached hydrogens (tertiary/aromatic N) is 2. The molecule has 0 saturated carbocycles. The number of aromatic nitrogens is 2. The molecule has 1 atom stereocenters. The highest BCUT2D eigenvalue weighted by Gasteiger charge is 2.29. The normalized spacial score (nSPS) is 13.7. The van der Waals surface area contributed by atoms with Crippen LogP contribution in [0.15, 0.2) is 60.9 Å². The first-order valence-corrected chi connectivity index (χ1v) is 7.43. The fraction of sp³-hybridized carbons (Fsp3) is 0.222. The Hall–Kier alpha value is -2.66. The fourth-order valence-electron chi connectivity index (χ4n) is 2.70. The number of carbonyl (C=O) groups is 1. The van der Waals surface area contributed by atoms with Crippen molar-refractivity contribution < 1.29 is 9.53 Å². The molecule has 0 aliphatic rings. The van der Waals surface area contributed by atoms with E-state index >= 15 is 0 Å². The van der Waals surface area contributed by atoms with Gasteiger partial charge in [-0.15, -0.1) is 0 Å². The van der Waals surface area contributed by atoms with Gasteiger partial charge in [0, 0.05) is 13.3 Å². The molecule has 3 aromatic rings. The van der Waals surface area contributed by atoms with Crippen LogP contribution in [0.4, 0.5) is 0 Å². The van der Waals surface area contributed by atoms with Gasteiger partial charge in [-0.2, -0.15) is 0 Å². The van der Waals surface area contributed by atoms with E-state index in [2.05, 4.69) is 10.3 Å². The van der Waals surface area contributed by atoms with Gasteiger partial charge in [0.1, 0.15) is 11.3 Å². The largest absolute Gasteiger partial charge is 0.382 e. The summed E-state index contributed by atoms with van der Waals surface area (Å²) in [6, 6.07) is 15.4. The Morgan fingerprint density at radius 2 is 1.96 bits per heavy atom. The van der Waals surface area contributed by atoms with Crippen LogP contribution in [0.3, 0.4) is 0 Å². The molecule has 0 saturated heterocycles. The number of rotatable bonds is 5. The molecule has 0 aliphatic carbocycles. The number of ether oxygens (including phenoxy) is 1. The first kappa shape index (κ1) is 15.2. The van der Waals surface area contributed by atoms with Gasteiger partial charge in [0.05, 0.1) is 18.3 Å². The lowest BCUT2D eigenvalue weighted by Gasteiger charge is -2.30. The van der Waals surface area contributed by atoms with E-state index in [0.717, 1.165) is 11.2 Å². The van der Waals surface area contributed by atoms with Crippen LogP contribution < -0.4 is 5.32 Å². The predicted molar refractivity (Wildman–Crippen MR) is 88.3 cm³/mol. The van der Waals surface area contributed by atoms with Gasteiger partial charge in [0.2, 0.25) is 0 Å². The first-order chi connectivity index (χ1) is 11.1. The molecular formula is C18H19N3O2. The summed E-state index contributed by atoms with van der Waals surface area (Å²) in [7, 11) is 1.63. The van der Waals surface area contributed by atoms with Crippen LogP contribution in [-0.4, -0.2) is 29.0 Å². The third-order valence-electron chi connectivity index (χ3n) is 3.88. The van der Waals surface area contributed by atoms with Gasteiger partial charge < -0.3 is 10.1 Å². The highest BCUT2D eigenvalue weighted by atomic mass is 16.5. The lowest BCUT2D eigenvalue weighted by molar-refractivity contribution is 0.0780. The van der Waals surface area contributed by atoms with Gasteiger partial charge in [0.25, 0.3) is 5.91 Å². The number of fused-ring (bicyclic) bond motifs is 1. The monoisotopic (exact) mass is 309 g/mol. The zero-order valence-corrected chi connectivity index (χ0v) is 13.2. The van der Waals surface area contributed by atoms with E-state index in [1.54, 1.807) is 17.7 Å². The minimum Gasteiger partial charge on any atom is -0.382 e. The number of nitrogens with one attached hydrogen (secondary N) is 1. The van der Waals surface area contributed by atoms with E-state index in [0.29, 0.717) is 12.3 Å². The zero-order chi connectivity index (χ0) is 16.3. The Morgan fingerprint density at radius 1 is 1.22 bits per heavy atom. The number of pyridine rings is 1. The summed E-state index contributed by atoms with van der Waals surface area (Å²) in [4.78, 5) is 17.0. The number of carbonyl (C=O) groups excluding carboxylic acids is 1. The molecule has 0 fully saturated rings. The maximum absolute atomic E-state index is 12.8. The SMILES string of the molecule is COC[C@@](C)(NC(=O)c1cnc2ccccn12)c1ccccc1. The number of imidazole rings is 1. The van der Waals surface area contributed by atoms with E-state index in [1.807, 2.05) is 61.7 Å². The molecule has 0 bridgehead atoms. The van der Waals surface area contributed by atoms with Gasteiger partial charge >= 0.3 is 0 Å². The first-order valence-electron chi connectivity index (χ1n) is 7.43. The molecule has 0 spiro atoms. The summed E-state index contributed by atoms with van der Waals surface area (Å²) in [5.41, 5.74) is 1.61. The summed E-state index contributed by atoms with van der Waals surface area (Å²) < 4.78 is 7.10. The Kier molecular flexibility index (Phi) is 4.12. The summed E-state index contributed by atoms with van der Waals surface area (Å²) in [6.45, 7) is 2.33. The number of hydrogen-bond donors (Lipinski definition) is 1. The Morgan fingerprint density at radius 3 is 2.70 bits per heavy atom. The van der Waals surface area contributed by atoms with Crippen LogP contribution in [-0.2, 0) is 10.3 Å². The highest BCUT2D eigenvalue weighted by Crippen LogP contribution is 2.21. The maximum Gasteiger partial charge on any atom is 0.270 e. The Balaban J connectivity index is 1.93. The molecule has 0 unspecified atom stereocenters. The van der Waals surface area contributed by atoms with E-state index in [1.165, 1.54) is 0 Å². The molecule has 2 heterocycles. The standard InChI is InChI=1S/C18H19N3O2/c1-18(13-23-2,14-8-4-3-5-9-14)20-17(22)15-12-19-16-10-6-7-11-21(15)16/h3-12H,13H2,1-2H3,(H,20,22)/t18-/m1/s1. The van der Waals surface area contributed by atoms with Crippen LogP contribution >= 0.6 is 0 Å². The van der Waals surface area contributed by atoms with Crippen molar-refractivity contribution in [3.63, 3.8) is 0 Å². The third kappa shape index (κ3) is 2.96. The molecule has 1 aromatic carbocycles. The van der Waals surface area contributed by atoms with E-state index in [9.17, 15) is 4.79 Å². The third-order valence-corrected chi connectivity index (χ3v) is 3.88. The Bertz CT molecular complexity index is 813. The van der Waals surface area contributed by atoms with E-state index in [4.69, 9.17) is 4.74 Å². The van der Waals surface area contributed by atoms with Crippen LogP contribution in [0.25, 0.3) is 5.65 Å². The molecule has 0 radical (unpaired) electrons. The van der Waals surface area contributed by atoms with Crippen molar-refractivity contribution >= 4 is 11.6 Å². The second kappa shape index (κ2) is 6.22. The van der Waals surface area contributed by atoms with Crippen molar-refractivity contribution in [3.8, 4) is 0 Å². The molecule has 1 N–H and O–H groups in total. The van der Waals surface area contributed by atoms with Crippen LogP contribution in [0.5, 0.6) is 0 Å². The minimum absolute atomic E-state index is 0.188. The summed E-state index contributed by atoms with van der Waals surface area (Å²) in [5.74, 6) is -0.188. The average Bonchev–Trinajstić information content (AvgIpc) is 3.00. The van der Waals surface area contributed by atoms with Gasteiger partial charge in [0.15, 0.2) is 0 Å². The molecule has 0 aliphatic heterocycles. The second-order valence-electron chi connectivity index (χ2n) is 5.66. The van der Waals surface area contributed by atoms with Gasteiger partial charge in [-0.05, 0) is 24.6 Å². The molecular weight excluding hydrogens is 290 g/mol. The number of amides is 1. The molecule has 1 amide bonds. The minimum atomic E-state index is -0.619. The average molecular weight is 309 g/mol. The smallest absolute Gasteiger partial charge is 0.270 e. The van der Waals surface area contributed by atoms with Gasteiger partial charge in [-0.1, -0.05) is 36.4 Å². The number of hydrogen-bond acceptors (Lipinski definition) is 3. The van der Waals surface area contributed by atoms with Crippen LogP contribution in [0, 0.1) is 0 Å². The quantitative estimate of drug-likeness (QED) is 0.788. The van der Waals surface area contributed by atoms with Crippen molar-refractivity contribution in [3.05, 3.63) is 72.2 Å². The van der Waals surface area contributed by atoms with Crippen molar-refractivity contribution in [2.75, 3.05) is 13.7 Å². The van der Waals surface area contributed by atoms with Crippen LogP contribution in [0.2, 0.25) is 0 Å². The zero-order valence-electron chi connectivity index (χ0n) is 13.2. The van der Waals surface area contributed by atoms with Gasteiger partial charge in [-0.25, -0.2) is 4.98 Å².